The van der Waals surface area contributed by atoms with Gasteiger partial charge in [-0.3, -0.25) is 9.36 Å². The molecule has 19 heavy (non-hydrogen) atoms. The Kier molecular flexibility index (Phi) is 6.55. The van der Waals surface area contributed by atoms with Crippen LogP contribution in [-0.4, -0.2) is 28.3 Å². The number of hydrogen-bond acceptors (Lipinski definition) is 2. The van der Waals surface area contributed by atoms with Gasteiger partial charge in [0.05, 0.1) is 5.92 Å². The van der Waals surface area contributed by atoms with Gasteiger partial charge >= 0.3 is 5.97 Å². The van der Waals surface area contributed by atoms with Crippen molar-refractivity contribution in [3.63, 3.8) is 0 Å². The molecule has 1 saturated carbocycles. The quantitative estimate of drug-likeness (QED) is 0.703. The topological polar surface area (TPSA) is 74.6 Å². The zero-order chi connectivity index (χ0) is 14.5. The lowest BCUT2D eigenvalue weighted by Crippen LogP contribution is -2.23. The average Bonchev–Trinajstić information content (AvgIpc) is 2.27. The summed E-state index contributed by atoms with van der Waals surface area (Å²) in [5.41, 5.74) is 0. The van der Waals surface area contributed by atoms with Crippen LogP contribution in [0.15, 0.2) is 0 Å². The second-order valence-electron chi connectivity index (χ2n) is 6.38. The van der Waals surface area contributed by atoms with Crippen molar-refractivity contribution in [2.45, 2.75) is 52.4 Å². The molecule has 112 valence electrons. The van der Waals surface area contributed by atoms with Crippen LogP contribution in [0.25, 0.3) is 0 Å². The Morgan fingerprint density at radius 2 is 1.79 bits per heavy atom. The molecule has 1 fully saturated rings. The first-order valence-electron chi connectivity index (χ1n) is 7.34. The van der Waals surface area contributed by atoms with Crippen molar-refractivity contribution in [3.8, 4) is 0 Å². The second-order valence-corrected chi connectivity index (χ2v) is 8.80. The molecule has 0 aromatic heterocycles. The van der Waals surface area contributed by atoms with Crippen LogP contribution in [-0.2, 0) is 9.36 Å². The van der Waals surface area contributed by atoms with Gasteiger partial charge in [-0.2, -0.15) is 0 Å². The number of rotatable bonds is 7. The van der Waals surface area contributed by atoms with E-state index in [1.54, 1.807) is 0 Å². The summed E-state index contributed by atoms with van der Waals surface area (Å²) in [6, 6.07) is 0. The fourth-order valence-electron chi connectivity index (χ4n) is 3.07. The highest BCUT2D eigenvalue weighted by molar-refractivity contribution is 7.58. The molecule has 1 aliphatic rings. The van der Waals surface area contributed by atoms with E-state index in [1.807, 2.05) is 13.8 Å². The highest BCUT2D eigenvalue weighted by atomic mass is 31.2. The molecule has 0 radical (unpaired) electrons. The minimum absolute atomic E-state index is 0.0585. The number of carbonyl (C=O) groups is 1. The summed E-state index contributed by atoms with van der Waals surface area (Å²) in [5, 5.41) is 9.27. The van der Waals surface area contributed by atoms with Gasteiger partial charge in [-0.15, -0.1) is 0 Å². The van der Waals surface area contributed by atoms with E-state index in [9.17, 15) is 19.4 Å². The fourth-order valence-corrected chi connectivity index (χ4v) is 5.35. The fraction of sp³-hybridized carbons (Fsp3) is 0.929. The lowest BCUT2D eigenvalue weighted by molar-refractivity contribution is -0.141. The average molecular weight is 290 g/mol. The molecule has 0 bridgehead atoms. The zero-order valence-corrected chi connectivity index (χ0v) is 12.9. The van der Waals surface area contributed by atoms with Crippen molar-refractivity contribution < 1.29 is 19.4 Å². The highest BCUT2D eigenvalue weighted by Crippen LogP contribution is 2.46. The van der Waals surface area contributed by atoms with Gasteiger partial charge in [0.15, 0.2) is 0 Å². The first-order valence-corrected chi connectivity index (χ1v) is 9.37. The van der Waals surface area contributed by atoms with Crippen molar-refractivity contribution in [1.82, 2.24) is 0 Å². The SMILES string of the molecule is CC(C)CP(=O)(O)CC(CC1CCCCC1)C(=O)O. The van der Waals surface area contributed by atoms with Crippen LogP contribution in [0.1, 0.15) is 52.4 Å². The molecule has 0 aromatic carbocycles. The summed E-state index contributed by atoms with van der Waals surface area (Å²) in [5.74, 6) is -1.02. The molecule has 0 aromatic rings. The molecule has 1 rings (SSSR count). The maximum atomic E-state index is 12.1. The second kappa shape index (κ2) is 7.44. The van der Waals surface area contributed by atoms with E-state index in [1.165, 1.54) is 19.3 Å². The lowest BCUT2D eigenvalue weighted by Gasteiger charge is -2.26. The number of hydrogen-bond donors (Lipinski definition) is 2. The summed E-state index contributed by atoms with van der Waals surface area (Å²) in [6.45, 7) is 3.78. The third kappa shape index (κ3) is 6.58. The van der Waals surface area contributed by atoms with Crippen molar-refractivity contribution >= 4 is 13.3 Å². The molecule has 0 saturated heterocycles. The van der Waals surface area contributed by atoms with E-state index >= 15 is 0 Å². The molecule has 5 heteroatoms. The van der Waals surface area contributed by atoms with E-state index in [4.69, 9.17) is 0 Å². The van der Waals surface area contributed by atoms with Gasteiger partial charge in [-0.1, -0.05) is 46.0 Å². The van der Waals surface area contributed by atoms with Crippen LogP contribution < -0.4 is 0 Å². The van der Waals surface area contributed by atoms with Gasteiger partial charge in [-0.25, -0.2) is 0 Å². The summed E-state index contributed by atoms with van der Waals surface area (Å²) in [4.78, 5) is 21.2. The molecule has 0 heterocycles. The van der Waals surface area contributed by atoms with Crippen LogP contribution in [0.2, 0.25) is 0 Å². The lowest BCUT2D eigenvalue weighted by atomic mass is 9.83. The predicted molar refractivity (Wildman–Crippen MR) is 76.7 cm³/mol. The van der Waals surface area contributed by atoms with Crippen molar-refractivity contribution in [2.24, 2.45) is 17.8 Å². The Morgan fingerprint density at radius 3 is 2.26 bits per heavy atom. The van der Waals surface area contributed by atoms with Gasteiger partial charge in [-0.05, 0) is 18.3 Å². The molecule has 4 nitrogen and oxygen atoms in total. The summed E-state index contributed by atoms with van der Waals surface area (Å²) in [7, 11) is -3.31. The van der Waals surface area contributed by atoms with Gasteiger partial charge < -0.3 is 10.00 Å². The first-order chi connectivity index (χ1) is 8.80. The van der Waals surface area contributed by atoms with Gasteiger partial charge in [0.1, 0.15) is 0 Å². The van der Waals surface area contributed by atoms with E-state index in [0.29, 0.717) is 12.3 Å². The van der Waals surface area contributed by atoms with Gasteiger partial charge in [0.25, 0.3) is 0 Å². The van der Waals surface area contributed by atoms with Crippen molar-refractivity contribution in [2.75, 3.05) is 12.3 Å². The summed E-state index contributed by atoms with van der Waals surface area (Å²) < 4.78 is 12.1. The summed E-state index contributed by atoms with van der Waals surface area (Å²) in [6.07, 6.45) is 6.45. The molecule has 0 spiro atoms. The van der Waals surface area contributed by atoms with Crippen molar-refractivity contribution in [3.05, 3.63) is 0 Å². The van der Waals surface area contributed by atoms with Crippen LogP contribution in [0.4, 0.5) is 0 Å². The monoisotopic (exact) mass is 290 g/mol. The summed E-state index contributed by atoms with van der Waals surface area (Å²) >= 11 is 0. The minimum atomic E-state index is -3.31. The maximum Gasteiger partial charge on any atom is 0.307 e. The normalized spacial score (nSPS) is 22.1. The number of aliphatic carboxylic acids is 1. The number of carboxylic acid groups (broad SMARTS) is 1. The smallest absolute Gasteiger partial charge is 0.307 e. The molecule has 0 amide bonds. The van der Waals surface area contributed by atoms with Gasteiger partial charge in [0, 0.05) is 12.3 Å². The van der Waals surface area contributed by atoms with Gasteiger partial charge in [0.2, 0.25) is 7.37 Å². The van der Waals surface area contributed by atoms with Crippen LogP contribution in [0.5, 0.6) is 0 Å². The molecular formula is C14H27O4P. The molecule has 2 N–H and O–H groups in total. The minimum Gasteiger partial charge on any atom is -0.481 e. The van der Waals surface area contributed by atoms with E-state index < -0.39 is 19.3 Å². The van der Waals surface area contributed by atoms with E-state index in [-0.39, 0.29) is 18.2 Å². The number of carboxylic acids is 1. The van der Waals surface area contributed by atoms with Crippen LogP contribution >= 0.6 is 7.37 Å². The predicted octanol–water partition coefficient (Wildman–Crippen LogP) is 3.58. The van der Waals surface area contributed by atoms with E-state index in [0.717, 1.165) is 12.8 Å². The molecule has 1 aliphatic carbocycles. The molecule has 0 aliphatic heterocycles. The standard InChI is InChI=1S/C14H27O4P/c1-11(2)9-19(17,18)10-13(14(15)16)8-12-6-4-3-5-7-12/h11-13H,3-10H2,1-2H3,(H,15,16)(H,17,18). The third-order valence-electron chi connectivity index (χ3n) is 3.85. The first kappa shape index (κ1) is 16.7. The van der Waals surface area contributed by atoms with E-state index in [2.05, 4.69) is 0 Å². The Labute approximate surface area is 116 Å². The Bertz CT molecular complexity index is 334. The highest BCUT2D eigenvalue weighted by Gasteiger charge is 2.31. The van der Waals surface area contributed by atoms with Crippen LogP contribution in [0, 0.1) is 17.8 Å². The Hall–Kier alpha value is -0.340. The molecule has 2 unspecified atom stereocenters. The van der Waals surface area contributed by atoms with Crippen molar-refractivity contribution in [1.29, 1.82) is 0 Å². The molecular weight excluding hydrogens is 263 g/mol. The third-order valence-corrected chi connectivity index (χ3v) is 6.16. The molecule has 2 atom stereocenters. The zero-order valence-electron chi connectivity index (χ0n) is 12.0. The Morgan fingerprint density at radius 1 is 1.21 bits per heavy atom. The van der Waals surface area contributed by atoms with Crippen LogP contribution in [0.3, 0.4) is 0 Å². The Balaban J connectivity index is 2.56. The maximum absolute atomic E-state index is 12.1. The largest absolute Gasteiger partial charge is 0.481 e.